The Bertz CT molecular complexity index is 841. The molecule has 1 atom stereocenters. The number of thiophene rings is 2. The number of nitrogens with one attached hydrogen (secondary N) is 1. The third kappa shape index (κ3) is 3.70. The summed E-state index contributed by atoms with van der Waals surface area (Å²) < 4.78 is 27.2. The molecule has 1 aliphatic heterocycles. The van der Waals surface area contributed by atoms with Crippen LogP contribution in [0.1, 0.15) is 27.7 Å². The first-order valence-electron chi connectivity index (χ1n) is 7.47. The Labute approximate surface area is 148 Å². The van der Waals surface area contributed by atoms with Crippen molar-refractivity contribution < 1.29 is 18.3 Å². The van der Waals surface area contributed by atoms with Crippen LogP contribution in [0.5, 0.6) is 0 Å². The van der Waals surface area contributed by atoms with Crippen molar-refractivity contribution in [2.45, 2.75) is 30.1 Å². The lowest BCUT2D eigenvalue weighted by Crippen LogP contribution is -2.44. The lowest BCUT2D eigenvalue weighted by molar-refractivity contribution is 0.0697. The first kappa shape index (κ1) is 17.6. The van der Waals surface area contributed by atoms with Crippen LogP contribution in [0.2, 0.25) is 0 Å². The average molecular weight is 387 g/mol. The highest BCUT2D eigenvalue weighted by Gasteiger charge is 2.24. The molecule has 3 rings (SSSR count). The Morgan fingerprint density at radius 2 is 2.25 bits per heavy atom. The normalized spacial score (nSPS) is 16.7. The van der Waals surface area contributed by atoms with E-state index in [-0.39, 0.29) is 15.8 Å². The number of carboxylic acid groups (broad SMARTS) is 1. The summed E-state index contributed by atoms with van der Waals surface area (Å²) in [5, 5.41) is 12.3. The molecular formula is C15H18N2O4S3. The summed E-state index contributed by atoms with van der Waals surface area (Å²) in [6.07, 6.45) is 0.997. The SMILES string of the molecule is CC(CNS(=O)(=O)c1cc(C(=O)O)cs1)N1CCc2sccc2C1. The van der Waals surface area contributed by atoms with E-state index >= 15 is 0 Å². The van der Waals surface area contributed by atoms with Gasteiger partial charge in [-0.1, -0.05) is 0 Å². The van der Waals surface area contributed by atoms with Crippen LogP contribution in [0.3, 0.4) is 0 Å². The van der Waals surface area contributed by atoms with Gasteiger partial charge in [-0.3, -0.25) is 4.90 Å². The van der Waals surface area contributed by atoms with Crippen molar-refractivity contribution >= 4 is 38.7 Å². The lowest BCUT2D eigenvalue weighted by Gasteiger charge is -2.32. The minimum absolute atomic E-state index is 0.00515. The number of carboxylic acids is 1. The second-order valence-electron chi connectivity index (χ2n) is 5.75. The molecule has 0 bridgehead atoms. The van der Waals surface area contributed by atoms with Crippen molar-refractivity contribution in [3.05, 3.63) is 38.9 Å². The fourth-order valence-corrected chi connectivity index (χ4v) is 5.86. The molecule has 0 fully saturated rings. The molecule has 0 amide bonds. The van der Waals surface area contributed by atoms with Crippen LogP contribution in [0.15, 0.2) is 27.1 Å². The molecule has 2 aromatic heterocycles. The molecule has 0 saturated heterocycles. The second-order valence-corrected chi connectivity index (χ2v) is 9.66. The van der Waals surface area contributed by atoms with Gasteiger partial charge in [0.05, 0.1) is 5.56 Å². The standard InChI is InChI=1S/C15H18N2O4S3/c1-10(17-4-2-13-11(8-17)3-5-22-13)7-16-24(20,21)14-6-12(9-23-14)15(18)19/h3,5-6,9-10,16H,2,4,7-8H2,1H3,(H,18,19). The van der Waals surface area contributed by atoms with Crippen LogP contribution >= 0.6 is 22.7 Å². The van der Waals surface area contributed by atoms with Gasteiger partial charge >= 0.3 is 5.97 Å². The number of carbonyl (C=O) groups is 1. The van der Waals surface area contributed by atoms with Gasteiger partial charge in [0, 0.05) is 35.9 Å². The number of fused-ring (bicyclic) bond motifs is 1. The van der Waals surface area contributed by atoms with Crippen molar-refractivity contribution in [1.29, 1.82) is 0 Å². The van der Waals surface area contributed by atoms with E-state index in [1.165, 1.54) is 21.9 Å². The monoisotopic (exact) mass is 386 g/mol. The van der Waals surface area contributed by atoms with Gasteiger partial charge in [0.2, 0.25) is 10.0 Å². The number of aromatic carboxylic acids is 1. The van der Waals surface area contributed by atoms with E-state index in [9.17, 15) is 13.2 Å². The number of sulfonamides is 1. The minimum atomic E-state index is -3.68. The molecular weight excluding hydrogens is 368 g/mol. The van der Waals surface area contributed by atoms with Crippen molar-refractivity contribution in [3.63, 3.8) is 0 Å². The van der Waals surface area contributed by atoms with E-state index in [4.69, 9.17) is 5.11 Å². The summed E-state index contributed by atoms with van der Waals surface area (Å²) in [6, 6.07) is 3.38. The van der Waals surface area contributed by atoms with Crippen molar-refractivity contribution in [1.82, 2.24) is 9.62 Å². The molecule has 0 spiro atoms. The van der Waals surface area contributed by atoms with E-state index in [0.29, 0.717) is 6.54 Å². The van der Waals surface area contributed by atoms with Crippen LogP contribution < -0.4 is 4.72 Å². The van der Waals surface area contributed by atoms with Gasteiger partial charge < -0.3 is 5.11 Å². The zero-order valence-corrected chi connectivity index (χ0v) is 15.5. The van der Waals surface area contributed by atoms with E-state index in [2.05, 4.69) is 21.1 Å². The van der Waals surface area contributed by atoms with Gasteiger partial charge in [0.15, 0.2) is 0 Å². The van der Waals surface area contributed by atoms with Crippen LogP contribution in [0.25, 0.3) is 0 Å². The van der Waals surface area contributed by atoms with E-state index in [1.54, 1.807) is 11.3 Å². The van der Waals surface area contributed by atoms with Gasteiger partial charge in [-0.05, 0) is 36.4 Å². The maximum atomic E-state index is 12.3. The summed E-state index contributed by atoms with van der Waals surface area (Å²) in [4.78, 5) is 14.6. The molecule has 130 valence electrons. The second kappa shape index (κ2) is 6.93. The highest BCUT2D eigenvalue weighted by atomic mass is 32.2. The smallest absolute Gasteiger partial charge is 0.336 e. The zero-order chi connectivity index (χ0) is 17.3. The Morgan fingerprint density at radius 1 is 1.46 bits per heavy atom. The summed E-state index contributed by atoms with van der Waals surface area (Å²) in [7, 11) is -3.68. The quantitative estimate of drug-likeness (QED) is 0.795. The molecule has 6 nitrogen and oxygen atoms in total. The van der Waals surface area contributed by atoms with E-state index < -0.39 is 16.0 Å². The Kier molecular flexibility index (Phi) is 5.07. The molecule has 2 aromatic rings. The summed E-state index contributed by atoms with van der Waals surface area (Å²) in [6.45, 7) is 4.04. The van der Waals surface area contributed by atoms with E-state index in [0.717, 1.165) is 30.8 Å². The van der Waals surface area contributed by atoms with Crippen molar-refractivity contribution in [2.24, 2.45) is 0 Å². The third-order valence-electron chi connectivity index (χ3n) is 4.12. The topological polar surface area (TPSA) is 86.7 Å². The molecule has 2 N–H and O–H groups in total. The predicted octanol–water partition coefficient (Wildman–Crippen LogP) is 2.23. The van der Waals surface area contributed by atoms with Crippen LogP contribution in [-0.4, -0.2) is 43.5 Å². The average Bonchev–Trinajstić information content (AvgIpc) is 3.21. The molecule has 0 aliphatic carbocycles. The molecule has 0 aromatic carbocycles. The maximum absolute atomic E-state index is 12.3. The minimum Gasteiger partial charge on any atom is -0.478 e. The van der Waals surface area contributed by atoms with Crippen molar-refractivity contribution in [3.8, 4) is 0 Å². The van der Waals surface area contributed by atoms with Crippen LogP contribution in [-0.2, 0) is 23.0 Å². The summed E-state index contributed by atoms with van der Waals surface area (Å²) in [5.74, 6) is -1.12. The lowest BCUT2D eigenvalue weighted by atomic mass is 10.1. The predicted molar refractivity (Wildman–Crippen MR) is 94.4 cm³/mol. The fourth-order valence-electron chi connectivity index (χ4n) is 2.65. The summed E-state index contributed by atoms with van der Waals surface area (Å²) in [5.41, 5.74) is 1.32. The summed E-state index contributed by atoms with van der Waals surface area (Å²) >= 11 is 2.69. The molecule has 1 aliphatic rings. The molecule has 0 radical (unpaired) electrons. The Hall–Kier alpha value is -1.26. The number of hydrogen-bond acceptors (Lipinski definition) is 6. The van der Waals surface area contributed by atoms with Gasteiger partial charge in [0.1, 0.15) is 4.21 Å². The third-order valence-corrected chi connectivity index (χ3v) is 8.00. The Morgan fingerprint density at radius 3 is 2.96 bits per heavy atom. The highest BCUT2D eigenvalue weighted by molar-refractivity contribution is 7.91. The van der Waals surface area contributed by atoms with E-state index in [1.807, 2.05) is 6.92 Å². The van der Waals surface area contributed by atoms with Gasteiger partial charge in [-0.15, -0.1) is 22.7 Å². The zero-order valence-electron chi connectivity index (χ0n) is 13.1. The molecule has 24 heavy (non-hydrogen) atoms. The highest BCUT2D eigenvalue weighted by Crippen LogP contribution is 2.25. The largest absolute Gasteiger partial charge is 0.478 e. The molecule has 9 heteroatoms. The number of hydrogen-bond donors (Lipinski definition) is 2. The van der Waals surface area contributed by atoms with Crippen molar-refractivity contribution in [2.75, 3.05) is 13.1 Å². The van der Waals surface area contributed by atoms with Crippen LogP contribution in [0, 0.1) is 0 Å². The maximum Gasteiger partial charge on any atom is 0.336 e. The van der Waals surface area contributed by atoms with Gasteiger partial charge in [-0.2, -0.15) is 0 Å². The molecule has 3 heterocycles. The molecule has 0 saturated carbocycles. The Balaban J connectivity index is 1.61. The van der Waals surface area contributed by atoms with Gasteiger partial charge in [-0.25, -0.2) is 17.9 Å². The first-order valence-corrected chi connectivity index (χ1v) is 10.7. The first-order chi connectivity index (χ1) is 11.4. The number of rotatable bonds is 6. The molecule has 1 unspecified atom stereocenters. The fraction of sp³-hybridized carbons (Fsp3) is 0.400. The van der Waals surface area contributed by atoms with Gasteiger partial charge in [0.25, 0.3) is 0 Å². The van der Waals surface area contributed by atoms with Crippen LogP contribution in [0.4, 0.5) is 0 Å². The number of nitrogens with zero attached hydrogens (tertiary/aromatic N) is 1.